The molecule has 1 fully saturated rings. The highest BCUT2D eigenvalue weighted by Gasteiger charge is 2.22. The molecule has 1 unspecified atom stereocenters. The number of phenolic OH excluding ortho intramolecular Hbond substituents is 1. The van der Waals surface area contributed by atoms with Gasteiger partial charge in [-0.25, -0.2) is 0 Å². The SMILES string of the molecule is CCc1ccc(-c2noc(CN(Cc3ccccc3O)CC3CCCO3)n2)cc1. The van der Waals surface area contributed by atoms with E-state index in [1.165, 1.54) is 5.56 Å². The molecule has 0 amide bonds. The molecule has 2 heterocycles. The van der Waals surface area contributed by atoms with Gasteiger partial charge in [0.25, 0.3) is 0 Å². The van der Waals surface area contributed by atoms with Crippen LogP contribution in [0.1, 0.15) is 36.8 Å². The van der Waals surface area contributed by atoms with Crippen LogP contribution in [0, 0.1) is 0 Å². The summed E-state index contributed by atoms with van der Waals surface area (Å²) in [7, 11) is 0. The summed E-state index contributed by atoms with van der Waals surface area (Å²) in [5, 5.41) is 14.3. The Kier molecular flexibility index (Phi) is 6.22. The second-order valence-electron chi connectivity index (χ2n) is 7.50. The standard InChI is InChI=1S/C23H27N3O3/c1-2-17-9-11-18(12-10-17)23-24-22(29-25-23)16-26(15-20-7-5-13-28-20)14-19-6-3-4-8-21(19)27/h3-4,6,8-12,20,27H,2,5,7,13-16H2,1H3. The van der Waals surface area contributed by atoms with Gasteiger partial charge in [0.1, 0.15) is 5.75 Å². The molecule has 6 nitrogen and oxygen atoms in total. The van der Waals surface area contributed by atoms with Gasteiger partial charge in [-0.3, -0.25) is 4.90 Å². The van der Waals surface area contributed by atoms with E-state index < -0.39 is 0 Å². The molecule has 2 aromatic carbocycles. The number of phenols is 1. The van der Waals surface area contributed by atoms with Crippen LogP contribution in [0.4, 0.5) is 0 Å². The van der Waals surface area contributed by atoms with Crippen molar-refractivity contribution in [3.63, 3.8) is 0 Å². The Labute approximate surface area is 171 Å². The number of aromatic nitrogens is 2. The topological polar surface area (TPSA) is 71.6 Å². The van der Waals surface area contributed by atoms with E-state index in [1.54, 1.807) is 6.07 Å². The second-order valence-corrected chi connectivity index (χ2v) is 7.50. The quantitative estimate of drug-likeness (QED) is 0.619. The van der Waals surface area contributed by atoms with Crippen molar-refractivity contribution in [2.75, 3.05) is 13.2 Å². The monoisotopic (exact) mass is 393 g/mol. The van der Waals surface area contributed by atoms with Gasteiger partial charge in [0, 0.05) is 30.8 Å². The van der Waals surface area contributed by atoms with Gasteiger partial charge in [-0.05, 0) is 30.9 Å². The lowest BCUT2D eigenvalue weighted by Gasteiger charge is -2.24. The average molecular weight is 393 g/mol. The van der Waals surface area contributed by atoms with Crippen LogP contribution in [0.2, 0.25) is 0 Å². The van der Waals surface area contributed by atoms with Crippen LogP contribution >= 0.6 is 0 Å². The van der Waals surface area contributed by atoms with E-state index in [-0.39, 0.29) is 6.10 Å². The zero-order valence-electron chi connectivity index (χ0n) is 16.8. The number of para-hydroxylation sites is 1. The minimum Gasteiger partial charge on any atom is -0.508 e. The number of hydrogen-bond donors (Lipinski definition) is 1. The first-order chi connectivity index (χ1) is 14.2. The minimum atomic E-state index is 0.199. The summed E-state index contributed by atoms with van der Waals surface area (Å²) in [6, 6.07) is 15.7. The molecule has 4 rings (SSSR count). The first kappa shape index (κ1) is 19.6. The Morgan fingerprint density at radius 3 is 2.66 bits per heavy atom. The molecule has 0 radical (unpaired) electrons. The normalized spacial score (nSPS) is 16.6. The summed E-state index contributed by atoms with van der Waals surface area (Å²) >= 11 is 0. The number of aryl methyl sites for hydroxylation is 1. The van der Waals surface area contributed by atoms with Crippen molar-refractivity contribution in [2.24, 2.45) is 0 Å². The van der Waals surface area contributed by atoms with Gasteiger partial charge in [0.15, 0.2) is 0 Å². The van der Waals surface area contributed by atoms with Crippen molar-refractivity contribution in [1.29, 1.82) is 0 Å². The summed E-state index contributed by atoms with van der Waals surface area (Å²) in [4.78, 5) is 6.79. The zero-order chi connectivity index (χ0) is 20.1. The molecule has 3 aromatic rings. The third-order valence-corrected chi connectivity index (χ3v) is 5.32. The van der Waals surface area contributed by atoms with Gasteiger partial charge < -0.3 is 14.4 Å². The number of ether oxygens (including phenoxy) is 1. The van der Waals surface area contributed by atoms with Gasteiger partial charge in [0.2, 0.25) is 11.7 Å². The molecule has 0 aliphatic carbocycles. The van der Waals surface area contributed by atoms with E-state index in [4.69, 9.17) is 9.26 Å². The summed E-state index contributed by atoms with van der Waals surface area (Å²) in [5.74, 6) is 1.46. The maximum absolute atomic E-state index is 10.2. The molecule has 0 bridgehead atoms. The van der Waals surface area contributed by atoms with Crippen LogP contribution in [-0.2, 0) is 24.2 Å². The van der Waals surface area contributed by atoms with Crippen LogP contribution in [0.15, 0.2) is 53.1 Å². The van der Waals surface area contributed by atoms with Gasteiger partial charge in [-0.2, -0.15) is 4.98 Å². The highest BCUT2D eigenvalue weighted by atomic mass is 16.5. The number of rotatable bonds is 8. The summed E-state index contributed by atoms with van der Waals surface area (Å²) in [6.07, 6.45) is 3.34. The average Bonchev–Trinajstić information content (AvgIpc) is 3.42. The summed E-state index contributed by atoms with van der Waals surface area (Å²) < 4.78 is 11.3. The smallest absolute Gasteiger partial charge is 0.241 e. The molecule has 152 valence electrons. The molecular weight excluding hydrogens is 366 g/mol. The molecule has 1 saturated heterocycles. The Bertz CT molecular complexity index is 917. The fraction of sp³-hybridized carbons (Fsp3) is 0.391. The number of nitrogens with zero attached hydrogens (tertiary/aromatic N) is 3. The third kappa shape index (κ3) is 5.02. The van der Waals surface area contributed by atoms with Crippen molar-refractivity contribution < 1.29 is 14.4 Å². The maximum atomic E-state index is 10.2. The van der Waals surface area contributed by atoms with Crippen LogP contribution < -0.4 is 0 Å². The molecule has 1 aliphatic rings. The fourth-order valence-corrected chi connectivity index (χ4v) is 3.66. The predicted octanol–water partition coefficient (Wildman–Crippen LogP) is 4.19. The van der Waals surface area contributed by atoms with E-state index >= 15 is 0 Å². The van der Waals surface area contributed by atoms with Crippen LogP contribution in [0.3, 0.4) is 0 Å². The van der Waals surface area contributed by atoms with E-state index in [2.05, 4.69) is 34.1 Å². The van der Waals surface area contributed by atoms with Crippen LogP contribution in [0.25, 0.3) is 11.4 Å². The predicted molar refractivity (Wildman–Crippen MR) is 110 cm³/mol. The highest BCUT2D eigenvalue weighted by Crippen LogP contribution is 2.22. The fourth-order valence-electron chi connectivity index (χ4n) is 3.66. The van der Waals surface area contributed by atoms with Crippen molar-refractivity contribution in [3.05, 3.63) is 65.5 Å². The Morgan fingerprint density at radius 2 is 1.93 bits per heavy atom. The highest BCUT2D eigenvalue weighted by molar-refractivity contribution is 5.54. The van der Waals surface area contributed by atoms with E-state index in [1.807, 2.05) is 30.3 Å². The number of hydrogen-bond acceptors (Lipinski definition) is 6. The van der Waals surface area contributed by atoms with E-state index in [0.717, 1.165) is 43.5 Å². The zero-order valence-corrected chi connectivity index (χ0v) is 16.8. The Hall–Kier alpha value is -2.70. The lowest BCUT2D eigenvalue weighted by molar-refractivity contribution is 0.0637. The van der Waals surface area contributed by atoms with Gasteiger partial charge in [-0.1, -0.05) is 54.5 Å². The maximum Gasteiger partial charge on any atom is 0.241 e. The minimum absolute atomic E-state index is 0.199. The first-order valence-electron chi connectivity index (χ1n) is 10.2. The summed E-state index contributed by atoms with van der Waals surface area (Å²) in [6.45, 7) is 4.81. The Morgan fingerprint density at radius 1 is 1.10 bits per heavy atom. The van der Waals surface area contributed by atoms with Gasteiger partial charge in [0.05, 0.1) is 12.6 Å². The molecule has 0 saturated carbocycles. The first-order valence-corrected chi connectivity index (χ1v) is 10.2. The number of benzene rings is 2. The molecule has 1 N–H and O–H groups in total. The van der Waals surface area contributed by atoms with E-state index in [9.17, 15) is 5.11 Å². The largest absolute Gasteiger partial charge is 0.508 e. The third-order valence-electron chi connectivity index (χ3n) is 5.32. The molecule has 1 aromatic heterocycles. The van der Waals surface area contributed by atoms with Gasteiger partial charge in [-0.15, -0.1) is 0 Å². The molecule has 1 aliphatic heterocycles. The van der Waals surface area contributed by atoms with E-state index in [0.29, 0.717) is 30.6 Å². The Balaban J connectivity index is 1.49. The van der Waals surface area contributed by atoms with Crippen molar-refractivity contribution in [1.82, 2.24) is 15.0 Å². The van der Waals surface area contributed by atoms with Crippen molar-refractivity contribution >= 4 is 0 Å². The molecular formula is C23H27N3O3. The summed E-state index contributed by atoms with van der Waals surface area (Å²) in [5.41, 5.74) is 3.10. The lowest BCUT2D eigenvalue weighted by atomic mass is 10.1. The van der Waals surface area contributed by atoms with Crippen molar-refractivity contribution in [3.8, 4) is 17.1 Å². The van der Waals surface area contributed by atoms with Crippen molar-refractivity contribution in [2.45, 2.75) is 45.4 Å². The van der Waals surface area contributed by atoms with Crippen LogP contribution in [-0.4, -0.2) is 39.4 Å². The molecule has 0 spiro atoms. The molecule has 29 heavy (non-hydrogen) atoms. The number of aromatic hydroxyl groups is 1. The van der Waals surface area contributed by atoms with Gasteiger partial charge >= 0.3 is 0 Å². The lowest BCUT2D eigenvalue weighted by Crippen LogP contribution is -2.31. The second kappa shape index (κ2) is 9.20. The molecule has 1 atom stereocenters. The van der Waals surface area contributed by atoms with Crippen LogP contribution in [0.5, 0.6) is 5.75 Å². The molecule has 6 heteroatoms.